The van der Waals surface area contributed by atoms with Crippen LogP contribution in [0.4, 0.5) is 0 Å². The fourth-order valence-corrected chi connectivity index (χ4v) is 2.68. The van der Waals surface area contributed by atoms with Gasteiger partial charge in [0.1, 0.15) is 0 Å². The largest absolute Gasteiger partial charge is 0.337 e. The van der Waals surface area contributed by atoms with Gasteiger partial charge in [0.05, 0.1) is 29.1 Å². The maximum Gasteiger partial charge on any atom is 0.257 e. The third kappa shape index (κ3) is 3.87. The average Bonchev–Trinajstić information content (AvgIpc) is 3.11. The van der Waals surface area contributed by atoms with Crippen molar-refractivity contribution in [1.82, 2.24) is 14.7 Å². The van der Waals surface area contributed by atoms with Gasteiger partial charge >= 0.3 is 0 Å². The molecule has 5 nitrogen and oxygen atoms in total. The zero-order valence-corrected chi connectivity index (χ0v) is 14.3. The number of carbonyl (C=O) groups excluding carboxylic acids is 1. The first-order valence-electron chi connectivity index (χ1n) is 7.62. The van der Waals surface area contributed by atoms with Gasteiger partial charge in [0.25, 0.3) is 5.91 Å². The minimum Gasteiger partial charge on any atom is -0.337 e. The van der Waals surface area contributed by atoms with Crippen LogP contribution in [0.5, 0.6) is 0 Å². The van der Waals surface area contributed by atoms with Crippen LogP contribution in [-0.4, -0.2) is 27.6 Å². The normalized spacial score (nSPS) is 10.3. The van der Waals surface area contributed by atoms with Gasteiger partial charge in [-0.1, -0.05) is 29.8 Å². The summed E-state index contributed by atoms with van der Waals surface area (Å²) in [6.45, 7) is 0.413. The minimum atomic E-state index is -0.143. The highest BCUT2D eigenvalue weighted by Gasteiger charge is 2.15. The Kier molecular flexibility index (Phi) is 4.82. The number of carbonyl (C=O) groups is 1. The van der Waals surface area contributed by atoms with Crippen LogP contribution in [-0.2, 0) is 6.54 Å². The van der Waals surface area contributed by atoms with Crippen LogP contribution in [0.15, 0.2) is 60.9 Å². The lowest BCUT2D eigenvalue weighted by molar-refractivity contribution is 0.0785. The smallest absolute Gasteiger partial charge is 0.257 e. The summed E-state index contributed by atoms with van der Waals surface area (Å²) in [6.07, 6.45) is 3.21. The van der Waals surface area contributed by atoms with Crippen molar-refractivity contribution < 1.29 is 4.79 Å². The molecule has 124 valence electrons. The van der Waals surface area contributed by atoms with E-state index in [1.165, 1.54) is 6.20 Å². The van der Waals surface area contributed by atoms with E-state index in [-0.39, 0.29) is 5.91 Å². The molecule has 0 atom stereocenters. The Hall–Kier alpha value is -3.10. The van der Waals surface area contributed by atoms with E-state index in [1.54, 1.807) is 47.1 Å². The molecule has 1 heterocycles. The maximum absolute atomic E-state index is 12.6. The number of halogens is 1. The number of benzene rings is 2. The van der Waals surface area contributed by atoms with E-state index in [0.717, 1.165) is 11.3 Å². The fourth-order valence-electron chi connectivity index (χ4n) is 2.50. The lowest BCUT2D eigenvalue weighted by atomic mass is 10.1. The summed E-state index contributed by atoms with van der Waals surface area (Å²) in [5.74, 6) is -0.143. The monoisotopic (exact) mass is 350 g/mol. The predicted octanol–water partition coefficient (Wildman–Crippen LogP) is 3.67. The van der Waals surface area contributed by atoms with Crippen molar-refractivity contribution in [3.63, 3.8) is 0 Å². The van der Waals surface area contributed by atoms with Crippen LogP contribution in [0, 0.1) is 11.3 Å². The molecule has 6 heteroatoms. The Morgan fingerprint density at radius 2 is 2.08 bits per heavy atom. The number of nitrogens with zero attached hydrogens (tertiary/aromatic N) is 4. The topological polar surface area (TPSA) is 61.9 Å². The highest BCUT2D eigenvalue weighted by molar-refractivity contribution is 6.30. The molecule has 3 rings (SSSR count). The number of rotatable bonds is 4. The molecule has 3 aromatic rings. The van der Waals surface area contributed by atoms with E-state index in [1.807, 2.05) is 24.3 Å². The molecule has 0 fully saturated rings. The van der Waals surface area contributed by atoms with Crippen molar-refractivity contribution >= 4 is 17.5 Å². The van der Waals surface area contributed by atoms with Gasteiger partial charge in [-0.15, -0.1) is 0 Å². The zero-order valence-electron chi connectivity index (χ0n) is 13.6. The third-order valence-corrected chi connectivity index (χ3v) is 3.96. The standard InChI is InChI=1S/C19H15ClN4O/c1-23(12-15-5-2-4-14(8-15)10-21)19(25)16-11-22-24(13-16)18-7-3-6-17(20)9-18/h2-9,11,13H,12H2,1H3. The quantitative estimate of drug-likeness (QED) is 0.721. The first kappa shape index (κ1) is 16.7. The minimum absolute atomic E-state index is 0.143. The molecule has 0 radical (unpaired) electrons. The summed E-state index contributed by atoms with van der Waals surface area (Å²) in [7, 11) is 1.72. The number of aromatic nitrogens is 2. The van der Waals surface area contributed by atoms with Gasteiger partial charge in [0, 0.05) is 24.8 Å². The highest BCUT2D eigenvalue weighted by atomic mass is 35.5. The van der Waals surface area contributed by atoms with E-state index in [9.17, 15) is 4.79 Å². The summed E-state index contributed by atoms with van der Waals surface area (Å²) >= 11 is 5.99. The summed E-state index contributed by atoms with van der Waals surface area (Å²) in [6, 6.07) is 16.6. The number of amides is 1. The Bertz CT molecular complexity index is 958. The maximum atomic E-state index is 12.6. The molecule has 2 aromatic carbocycles. The second kappa shape index (κ2) is 7.20. The van der Waals surface area contributed by atoms with Crippen molar-refractivity contribution in [1.29, 1.82) is 5.26 Å². The summed E-state index contributed by atoms with van der Waals surface area (Å²) in [5.41, 5.74) is 2.75. The lowest BCUT2D eigenvalue weighted by Crippen LogP contribution is -2.25. The van der Waals surface area contributed by atoms with Crippen LogP contribution >= 0.6 is 11.6 Å². The molecule has 0 aliphatic heterocycles. The van der Waals surface area contributed by atoms with Crippen LogP contribution in [0.2, 0.25) is 5.02 Å². The van der Waals surface area contributed by atoms with Crippen molar-refractivity contribution in [3.8, 4) is 11.8 Å². The van der Waals surface area contributed by atoms with Gasteiger partial charge in [-0.05, 0) is 35.9 Å². The molecule has 25 heavy (non-hydrogen) atoms. The van der Waals surface area contributed by atoms with Crippen molar-refractivity contribution in [2.75, 3.05) is 7.05 Å². The van der Waals surface area contributed by atoms with Crippen LogP contribution in [0.1, 0.15) is 21.5 Å². The first-order valence-corrected chi connectivity index (χ1v) is 8.00. The molecule has 0 bridgehead atoms. The summed E-state index contributed by atoms with van der Waals surface area (Å²) in [4.78, 5) is 14.2. The number of nitriles is 1. The van der Waals surface area contributed by atoms with Gasteiger partial charge in [-0.3, -0.25) is 4.79 Å². The molecular weight excluding hydrogens is 336 g/mol. The fraction of sp³-hybridized carbons (Fsp3) is 0.105. The molecule has 0 spiro atoms. The molecule has 0 aliphatic carbocycles. The molecule has 1 aromatic heterocycles. The Labute approximate surface area is 150 Å². The highest BCUT2D eigenvalue weighted by Crippen LogP contribution is 2.16. The Morgan fingerprint density at radius 3 is 2.84 bits per heavy atom. The van der Waals surface area contributed by atoms with Crippen molar-refractivity contribution in [2.24, 2.45) is 0 Å². The molecule has 0 aliphatic rings. The van der Waals surface area contributed by atoms with Gasteiger partial charge in [-0.2, -0.15) is 10.4 Å². The first-order chi connectivity index (χ1) is 12.1. The summed E-state index contributed by atoms with van der Waals surface area (Å²) in [5, 5.41) is 13.8. The number of hydrogen-bond acceptors (Lipinski definition) is 3. The molecule has 0 N–H and O–H groups in total. The number of hydrogen-bond donors (Lipinski definition) is 0. The molecule has 0 unspecified atom stereocenters. The van der Waals surface area contributed by atoms with Crippen LogP contribution < -0.4 is 0 Å². The van der Waals surface area contributed by atoms with E-state index >= 15 is 0 Å². The van der Waals surface area contributed by atoms with Gasteiger partial charge in [0.15, 0.2) is 0 Å². The van der Waals surface area contributed by atoms with Gasteiger partial charge < -0.3 is 4.90 Å². The average molecular weight is 351 g/mol. The Balaban J connectivity index is 1.75. The van der Waals surface area contributed by atoms with Crippen molar-refractivity contribution in [3.05, 3.63) is 82.6 Å². The lowest BCUT2D eigenvalue weighted by Gasteiger charge is -2.16. The summed E-state index contributed by atoms with van der Waals surface area (Å²) < 4.78 is 1.61. The second-order valence-electron chi connectivity index (χ2n) is 5.63. The van der Waals surface area contributed by atoms with Crippen LogP contribution in [0.3, 0.4) is 0 Å². The van der Waals surface area contributed by atoms with E-state index < -0.39 is 0 Å². The van der Waals surface area contributed by atoms with E-state index in [4.69, 9.17) is 16.9 Å². The van der Waals surface area contributed by atoms with E-state index in [2.05, 4.69) is 11.2 Å². The van der Waals surface area contributed by atoms with Crippen LogP contribution in [0.25, 0.3) is 5.69 Å². The SMILES string of the molecule is CN(Cc1cccc(C#N)c1)C(=O)c1cnn(-c2cccc(Cl)c2)c1. The van der Waals surface area contributed by atoms with Gasteiger partial charge in [-0.25, -0.2) is 4.68 Å². The Morgan fingerprint density at radius 1 is 1.28 bits per heavy atom. The predicted molar refractivity (Wildman–Crippen MR) is 95.5 cm³/mol. The van der Waals surface area contributed by atoms with Gasteiger partial charge in [0.2, 0.25) is 0 Å². The third-order valence-electron chi connectivity index (χ3n) is 3.72. The molecule has 1 amide bonds. The molecule has 0 saturated heterocycles. The molecule has 0 saturated carbocycles. The van der Waals surface area contributed by atoms with Crippen molar-refractivity contribution in [2.45, 2.75) is 6.54 Å². The second-order valence-corrected chi connectivity index (χ2v) is 6.06. The molecular formula is C19H15ClN4O. The van der Waals surface area contributed by atoms with E-state index in [0.29, 0.717) is 22.7 Å². The zero-order chi connectivity index (χ0) is 17.8.